The van der Waals surface area contributed by atoms with Gasteiger partial charge in [-0.1, -0.05) is 13.0 Å². The van der Waals surface area contributed by atoms with Gasteiger partial charge in [0.2, 0.25) is 0 Å². The molecule has 1 aromatic rings. The molecule has 0 aromatic carbocycles. The second-order valence-corrected chi connectivity index (χ2v) is 4.18. The lowest BCUT2D eigenvalue weighted by Crippen LogP contribution is -2.28. The lowest BCUT2D eigenvalue weighted by molar-refractivity contribution is 0.656. The molecule has 15 heavy (non-hydrogen) atoms. The molecule has 0 saturated heterocycles. The topological polar surface area (TPSA) is 16.1 Å². The highest BCUT2D eigenvalue weighted by molar-refractivity contribution is 6.17. The van der Waals surface area contributed by atoms with Crippen LogP contribution in [-0.2, 0) is 5.88 Å². The van der Waals surface area contributed by atoms with E-state index in [1.165, 1.54) is 0 Å². The SMILES string of the molecule is CCC(C)N(C)c1ccc(CCl)c(C)n1. The maximum absolute atomic E-state index is 5.80. The summed E-state index contributed by atoms with van der Waals surface area (Å²) in [5.41, 5.74) is 2.13. The summed E-state index contributed by atoms with van der Waals surface area (Å²) in [5, 5.41) is 0. The zero-order chi connectivity index (χ0) is 11.4. The van der Waals surface area contributed by atoms with Crippen molar-refractivity contribution in [2.24, 2.45) is 0 Å². The molecule has 0 bridgehead atoms. The first-order valence-electron chi connectivity index (χ1n) is 5.35. The first-order chi connectivity index (χ1) is 7.10. The van der Waals surface area contributed by atoms with Gasteiger partial charge in [-0.2, -0.15) is 0 Å². The molecule has 1 heterocycles. The summed E-state index contributed by atoms with van der Waals surface area (Å²) in [6.45, 7) is 6.39. The number of hydrogen-bond acceptors (Lipinski definition) is 2. The van der Waals surface area contributed by atoms with Crippen molar-refractivity contribution in [1.82, 2.24) is 4.98 Å². The van der Waals surface area contributed by atoms with Crippen LogP contribution in [0.3, 0.4) is 0 Å². The predicted octanol–water partition coefficient (Wildman–Crippen LogP) is 3.36. The van der Waals surface area contributed by atoms with Crippen molar-refractivity contribution in [1.29, 1.82) is 0 Å². The maximum atomic E-state index is 5.80. The minimum absolute atomic E-state index is 0.513. The molecule has 0 fully saturated rings. The summed E-state index contributed by atoms with van der Waals surface area (Å²) in [6, 6.07) is 4.61. The second kappa shape index (κ2) is 5.36. The lowest BCUT2D eigenvalue weighted by atomic mass is 10.2. The highest BCUT2D eigenvalue weighted by Gasteiger charge is 2.10. The number of rotatable bonds is 4. The van der Waals surface area contributed by atoms with Crippen LogP contribution in [0.5, 0.6) is 0 Å². The Morgan fingerprint density at radius 3 is 2.60 bits per heavy atom. The molecule has 0 aliphatic rings. The molecule has 0 aliphatic heterocycles. The van der Waals surface area contributed by atoms with Crippen molar-refractivity contribution in [2.75, 3.05) is 11.9 Å². The van der Waals surface area contributed by atoms with Crippen LogP contribution in [0.2, 0.25) is 0 Å². The van der Waals surface area contributed by atoms with Gasteiger partial charge in [-0.05, 0) is 31.9 Å². The van der Waals surface area contributed by atoms with Crippen molar-refractivity contribution in [3.63, 3.8) is 0 Å². The summed E-state index contributed by atoms with van der Waals surface area (Å²) in [4.78, 5) is 6.75. The summed E-state index contributed by atoms with van der Waals surface area (Å²) in [5.74, 6) is 1.56. The molecule has 0 N–H and O–H groups in total. The third kappa shape index (κ3) is 2.85. The molecular weight excluding hydrogens is 208 g/mol. The van der Waals surface area contributed by atoms with Gasteiger partial charge in [0.25, 0.3) is 0 Å². The smallest absolute Gasteiger partial charge is 0.128 e. The summed E-state index contributed by atoms with van der Waals surface area (Å²) < 4.78 is 0. The van der Waals surface area contributed by atoms with Gasteiger partial charge in [0.15, 0.2) is 0 Å². The van der Waals surface area contributed by atoms with E-state index in [-0.39, 0.29) is 0 Å². The third-order valence-electron chi connectivity index (χ3n) is 2.94. The van der Waals surface area contributed by atoms with Crippen LogP contribution in [0, 0.1) is 6.92 Å². The van der Waals surface area contributed by atoms with E-state index >= 15 is 0 Å². The molecule has 84 valence electrons. The Labute approximate surface area is 97.3 Å². The number of aromatic nitrogens is 1. The van der Waals surface area contributed by atoms with Crippen molar-refractivity contribution in [3.8, 4) is 0 Å². The van der Waals surface area contributed by atoms with Gasteiger partial charge in [-0.15, -0.1) is 11.6 Å². The van der Waals surface area contributed by atoms with Crippen molar-refractivity contribution in [2.45, 2.75) is 39.1 Å². The fraction of sp³-hybridized carbons (Fsp3) is 0.583. The highest BCUT2D eigenvalue weighted by atomic mass is 35.5. The highest BCUT2D eigenvalue weighted by Crippen LogP contribution is 2.17. The summed E-state index contributed by atoms with van der Waals surface area (Å²) in [7, 11) is 2.08. The van der Waals surface area contributed by atoms with Crippen LogP contribution >= 0.6 is 11.6 Å². The van der Waals surface area contributed by atoms with Gasteiger partial charge in [-0.25, -0.2) is 4.98 Å². The number of alkyl halides is 1. The van der Waals surface area contributed by atoms with E-state index < -0.39 is 0 Å². The monoisotopic (exact) mass is 226 g/mol. The molecule has 1 aromatic heterocycles. The van der Waals surface area contributed by atoms with E-state index in [0.29, 0.717) is 11.9 Å². The number of hydrogen-bond donors (Lipinski definition) is 0. The maximum Gasteiger partial charge on any atom is 0.128 e. The Morgan fingerprint density at radius 1 is 1.47 bits per heavy atom. The fourth-order valence-corrected chi connectivity index (χ4v) is 1.70. The normalized spacial score (nSPS) is 12.6. The molecule has 0 spiro atoms. The predicted molar refractivity (Wildman–Crippen MR) is 66.7 cm³/mol. The molecule has 1 rings (SSSR count). The average Bonchev–Trinajstić information content (AvgIpc) is 2.26. The first kappa shape index (κ1) is 12.3. The first-order valence-corrected chi connectivity index (χ1v) is 5.88. The number of pyridine rings is 1. The van der Waals surface area contributed by atoms with Gasteiger partial charge in [0.05, 0.1) is 0 Å². The Balaban J connectivity index is 2.92. The van der Waals surface area contributed by atoms with Crippen LogP contribution < -0.4 is 4.90 Å². The minimum atomic E-state index is 0.513. The molecule has 0 aliphatic carbocycles. The van der Waals surface area contributed by atoms with E-state index in [0.717, 1.165) is 23.5 Å². The largest absolute Gasteiger partial charge is 0.357 e. The van der Waals surface area contributed by atoms with E-state index in [2.05, 4.69) is 36.8 Å². The van der Waals surface area contributed by atoms with E-state index in [1.807, 2.05) is 13.0 Å². The molecule has 0 radical (unpaired) electrons. The molecular formula is C12H19ClN2. The summed E-state index contributed by atoms with van der Waals surface area (Å²) >= 11 is 5.80. The molecule has 2 nitrogen and oxygen atoms in total. The van der Waals surface area contributed by atoms with Gasteiger partial charge >= 0.3 is 0 Å². The van der Waals surface area contributed by atoms with Gasteiger partial charge < -0.3 is 4.90 Å². The number of aryl methyl sites for hydroxylation is 1. The zero-order valence-corrected chi connectivity index (χ0v) is 10.7. The fourth-order valence-electron chi connectivity index (χ4n) is 1.41. The van der Waals surface area contributed by atoms with Gasteiger partial charge in [0.1, 0.15) is 5.82 Å². The van der Waals surface area contributed by atoms with Crippen molar-refractivity contribution in [3.05, 3.63) is 23.4 Å². The Hall–Kier alpha value is -0.760. The third-order valence-corrected chi connectivity index (χ3v) is 3.23. The van der Waals surface area contributed by atoms with Crippen LogP contribution in [0.4, 0.5) is 5.82 Å². The Morgan fingerprint density at radius 2 is 2.13 bits per heavy atom. The quantitative estimate of drug-likeness (QED) is 0.732. The van der Waals surface area contributed by atoms with Crippen molar-refractivity contribution >= 4 is 17.4 Å². The lowest BCUT2D eigenvalue weighted by Gasteiger charge is -2.25. The van der Waals surface area contributed by atoms with Gasteiger partial charge in [0, 0.05) is 24.7 Å². The van der Waals surface area contributed by atoms with Crippen LogP contribution in [0.1, 0.15) is 31.5 Å². The molecule has 0 saturated carbocycles. The second-order valence-electron chi connectivity index (χ2n) is 3.92. The number of nitrogens with zero attached hydrogens (tertiary/aromatic N) is 2. The van der Waals surface area contributed by atoms with Crippen LogP contribution in [0.15, 0.2) is 12.1 Å². The van der Waals surface area contributed by atoms with Crippen LogP contribution in [0.25, 0.3) is 0 Å². The summed E-state index contributed by atoms with van der Waals surface area (Å²) in [6.07, 6.45) is 1.12. The van der Waals surface area contributed by atoms with E-state index in [9.17, 15) is 0 Å². The molecule has 1 unspecified atom stereocenters. The zero-order valence-electron chi connectivity index (χ0n) is 9.92. The molecule has 3 heteroatoms. The Bertz CT molecular complexity index is 325. The van der Waals surface area contributed by atoms with Gasteiger partial charge in [-0.3, -0.25) is 0 Å². The Kier molecular flexibility index (Phi) is 4.40. The number of halogens is 1. The minimum Gasteiger partial charge on any atom is -0.357 e. The van der Waals surface area contributed by atoms with Crippen LogP contribution in [-0.4, -0.2) is 18.1 Å². The van der Waals surface area contributed by atoms with E-state index in [1.54, 1.807) is 0 Å². The molecule has 0 amide bonds. The average molecular weight is 227 g/mol. The number of anilines is 1. The molecule has 1 atom stereocenters. The standard InChI is InChI=1S/C12H19ClN2/c1-5-9(2)15(4)12-7-6-11(8-13)10(3)14-12/h6-7,9H,5,8H2,1-4H3. The van der Waals surface area contributed by atoms with E-state index in [4.69, 9.17) is 11.6 Å². The van der Waals surface area contributed by atoms with Crippen molar-refractivity contribution < 1.29 is 0 Å².